The smallest absolute Gasteiger partial charge is 0.161 e. The lowest BCUT2D eigenvalue weighted by Crippen LogP contribution is -2.35. The summed E-state index contributed by atoms with van der Waals surface area (Å²) in [6.45, 7) is 7.73. The van der Waals surface area contributed by atoms with Crippen LogP contribution in [-0.2, 0) is 11.3 Å². The molecule has 2 heterocycles. The summed E-state index contributed by atoms with van der Waals surface area (Å²) in [5, 5.41) is 8.00. The highest BCUT2D eigenvalue weighted by Gasteiger charge is 2.30. The van der Waals surface area contributed by atoms with Gasteiger partial charge in [0.15, 0.2) is 5.75 Å². The summed E-state index contributed by atoms with van der Waals surface area (Å²) in [7, 11) is 1.71. The number of hydrogen-bond acceptors (Lipinski definition) is 4. The van der Waals surface area contributed by atoms with Crippen molar-refractivity contribution < 1.29 is 9.47 Å². The van der Waals surface area contributed by atoms with Crippen LogP contribution in [0.15, 0.2) is 6.20 Å². The van der Waals surface area contributed by atoms with Crippen molar-refractivity contribution in [3.8, 4) is 5.75 Å². The van der Waals surface area contributed by atoms with E-state index in [4.69, 9.17) is 9.47 Å². The maximum Gasteiger partial charge on any atom is 0.161 e. The Kier molecular flexibility index (Phi) is 5.22. The minimum atomic E-state index is 0.252. The van der Waals surface area contributed by atoms with Gasteiger partial charge in [0.2, 0.25) is 0 Å². The molecule has 1 aliphatic heterocycles. The molecule has 0 spiro atoms. The second-order valence-corrected chi connectivity index (χ2v) is 4.93. The zero-order chi connectivity index (χ0) is 13.7. The van der Waals surface area contributed by atoms with Gasteiger partial charge in [0, 0.05) is 19.1 Å². The van der Waals surface area contributed by atoms with Gasteiger partial charge in [-0.25, -0.2) is 0 Å². The van der Waals surface area contributed by atoms with Gasteiger partial charge in [-0.2, -0.15) is 5.10 Å². The van der Waals surface area contributed by atoms with Gasteiger partial charge in [0.1, 0.15) is 0 Å². The van der Waals surface area contributed by atoms with Gasteiger partial charge in [-0.3, -0.25) is 4.68 Å². The second-order valence-electron chi connectivity index (χ2n) is 4.93. The minimum absolute atomic E-state index is 0.252. The van der Waals surface area contributed by atoms with Crippen molar-refractivity contribution in [1.82, 2.24) is 15.1 Å². The number of ether oxygens (including phenoxy) is 2. The molecule has 2 unspecified atom stereocenters. The van der Waals surface area contributed by atoms with Crippen molar-refractivity contribution >= 4 is 0 Å². The topological polar surface area (TPSA) is 48.3 Å². The van der Waals surface area contributed by atoms with E-state index in [-0.39, 0.29) is 6.04 Å². The molecular weight excluding hydrogens is 242 g/mol. The molecule has 5 heteroatoms. The van der Waals surface area contributed by atoms with E-state index in [2.05, 4.69) is 24.3 Å². The summed E-state index contributed by atoms with van der Waals surface area (Å²) < 4.78 is 13.2. The molecule has 1 aromatic rings. The first-order valence-electron chi connectivity index (χ1n) is 7.22. The number of methoxy groups -OCH3 is 1. The van der Waals surface area contributed by atoms with Gasteiger partial charge < -0.3 is 14.8 Å². The van der Waals surface area contributed by atoms with Gasteiger partial charge in [-0.1, -0.05) is 6.92 Å². The fourth-order valence-electron chi connectivity index (χ4n) is 2.84. The van der Waals surface area contributed by atoms with E-state index in [1.165, 1.54) is 6.42 Å². The molecule has 1 aromatic heterocycles. The molecule has 0 bridgehead atoms. The Bertz CT molecular complexity index is 365. The molecule has 1 saturated heterocycles. The van der Waals surface area contributed by atoms with Crippen LogP contribution < -0.4 is 10.1 Å². The standard InChI is InChI=1S/C14H25N3O2/c1-4-15-13(11-7-6-8-19-10-11)14-12(18-3)9-16-17(14)5-2/h9,11,13,15H,4-8,10H2,1-3H3. The maximum atomic E-state index is 5.64. The molecular formula is C14H25N3O2. The lowest BCUT2D eigenvalue weighted by Gasteiger charge is -2.31. The highest BCUT2D eigenvalue weighted by molar-refractivity contribution is 5.29. The van der Waals surface area contributed by atoms with Crippen LogP contribution >= 0.6 is 0 Å². The molecule has 0 amide bonds. The Morgan fingerprint density at radius 2 is 2.42 bits per heavy atom. The fraction of sp³-hybridized carbons (Fsp3) is 0.786. The van der Waals surface area contributed by atoms with E-state index in [1.807, 2.05) is 10.9 Å². The summed E-state index contributed by atoms with van der Waals surface area (Å²) >= 11 is 0. The highest BCUT2D eigenvalue weighted by atomic mass is 16.5. The lowest BCUT2D eigenvalue weighted by molar-refractivity contribution is 0.0375. The molecule has 5 nitrogen and oxygen atoms in total. The molecule has 0 radical (unpaired) electrons. The maximum absolute atomic E-state index is 5.64. The number of nitrogens with zero attached hydrogens (tertiary/aromatic N) is 2. The predicted molar refractivity (Wildman–Crippen MR) is 74.4 cm³/mol. The zero-order valence-electron chi connectivity index (χ0n) is 12.2. The van der Waals surface area contributed by atoms with E-state index in [9.17, 15) is 0 Å². The monoisotopic (exact) mass is 267 g/mol. The SMILES string of the molecule is CCNC(c1c(OC)cnn1CC)C1CCCOC1. The van der Waals surface area contributed by atoms with Gasteiger partial charge in [-0.15, -0.1) is 0 Å². The van der Waals surface area contributed by atoms with E-state index in [0.717, 1.165) is 44.2 Å². The molecule has 2 atom stereocenters. The van der Waals surface area contributed by atoms with Crippen LogP contribution in [0.3, 0.4) is 0 Å². The number of nitrogens with one attached hydrogen (secondary N) is 1. The molecule has 0 aliphatic carbocycles. The molecule has 0 aromatic carbocycles. The summed E-state index contributed by atoms with van der Waals surface area (Å²) in [6.07, 6.45) is 4.14. The molecule has 1 aliphatic rings. The Hall–Kier alpha value is -1.07. The fourth-order valence-corrected chi connectivity index (χ4v) is 2.84. The third-order valence-corrected chi connectivity index (χ3v) is 3.75. The van der Waals surface area contributed by atoms with E-state index in [0.29, 0.717) is 5.92 Å². The van der Waals surface area contributed by atoms with Crippen molar-refractivity contribution in [2.75, 3.05) is 26.9 Å². The zero-order valence-corrected chi connectivity index (χ0v) is 12.2. The van der Waals surface area contributed by atoms with Crippen LogP contribution in [0.5, 0.6) is 5.75 Å². The van der Waals surface area contributed by atoms with E-state index >= 15 is 0 Å². The van der Waals surface area contributed by atoms with Gasteiger partial charge in [0.25, 0.3) is 0 Å². The molecule has 1 N–H and O–H groups in total. The Morgan fingerprint density at radius 1 is 1.58 bits per heavy atom. The average molecular weight is 267 g/mol. The normalized spacial score (nSPS) is 21.3. The first-order valence-corrected chi connectivity index (χ1v) is 7.22. The summed E-state index contributed by atoms with van der Waals surface area (Å²) in [6, 6.07) is 0.252. The van der Waals surface area contributed by atoms with Crippen molar-refractivity contribution in [3.63, 3.8) is 0 Å². The largest absolute Gasteiger partial charge is 0.493 e. The summed E-state index contributed by atoms with van der Waals surface area (Å²) in [5.74, 6) is 1.36. The predicted octanol–water partition coefficient (Wildman–Crippen LogP) is 1.99. The molecule has 108 valence electrons. The minimum Gasteiger partial charge on any atom is -0.493 e. The third kappa shape index (κ3) is 3.09. The van der Waals surface area contributed by atoms with Crippen molar-refractivity contribution in [1.29, 1.82) is 0 Å². The van der Waals surface area contributed by atoms with Crippen LogP contribution in [0, 0.1) is 5.92 Å². The molecule has 2 rings (SSSR count). The van der Waals surface area contributed by atoms with Crippen molar-refractivity contribution in [2.45, 2.75) is 39.3 Å². The summed E-state index contributed by atoms with van der Waals surface area (Å²) in [4.78, 5) is 0. The van der Waals surface area contributed by atoms with Crippen molar-refractivity contribution in [2.24, 2.45) is 5.92 Å². The van der Waals surface area contributed by atoms with Crippen LogP contribution in [0.25, 0.3) is 0 Å². The Morgan fingerprint density at radius 3 is 3.00 bits per heavy atom. The second kappa shape index (κ2) is 6.91. The van der Waals surface area contributed by atoms with E-state index in [1.54, 1.807) is 7.11 Å². The van der Waals surface area contributed by atoms with Crippen LogP contribution in [0.1, 0.15) is 38.4 Å². The Labute approximate surface area is 115 Å². The number of hydrogen-bond donors (Lipinski definition) is 1. The van der Waals surface area contributed by atoms with Crippen LogP contribution in [0.4, 0.5) is 0 Å². The highest BCUT2D eigenvalue weighted by Crippen LogP contribution is 2.34. The first-order chi connectivity index (χ1) is 9.31. The number of aromatic nitrogens is 2. The average Bonchev–Trinajstić information content (AvgIpc) is 2.88. The number of aryl methyl sites for hydroxylation is 1. The van der Waals surface area contributed by atoms with Gasteiger partial charge in [0.05, 0.1) is 31.6 Å². The van der Waals surface area contributed by atoms with E-state index < -0.39 is 0 Å². The summed E-state index contributed by atoms with van der Waals surface area (Å²) in [5.41, 5.74) is 1.15. The van der Waals surface area contributed by atoms with Crippen molar-refractivity contribution in [3.05, 3.63) is 11.9 Å². The Balaban J connectivity index is 2.28. The number of rotatable bonds is 6. The van der Waals surface area contributed by atoms with Crippen LogP contribution in [0.2, 0.25) is 0 Å². The molecule has 1 fully saturated rings. The lowest BCUT2D eigenvalue weighted by atomic mass is 9.91. The quantitative estimate of drug-likeness (QED) is 0.856. The third-order valence-electron chi connectivity index (χ3n) is 3.75. The van der Waals surface area contributed by atoms with Gasteiger partial charge in [-0.05, 0) is 26.3 Å². The van der Waals surface area contributed by atoms with Gasteiger partial charge >= 0.3 is 0 Å². The first kappa shape index (κ1) is 14.3. The molecule has 0 saturated carbocycles. The van der Waals surface area contributed by atoms with Crippen LogP contribution in [-0.4, -0.2) is 36.6 Å². The molecule has 19 heavy (non-hydrogen) atoms.